The number of carbonyl (C=O) groups excluding carboxylic acids is 1. The van der Waals surface area contributed by atoms with Gasteiger partial charge < -0.3 is 15.8 Å². The highest BCUT2D eigenvalue weighted by atomic mass is 16.5. The third kappa shape index (κ3) is 4.10. The van der Waals surface area contributed by atoms with Gasteiger partial charge in [-0.05, 0) is 32.2 Å². The first-order chi connectivity index (χ1) is 7.67. The van der Waals surface area contributed by atoms with E-state index < -0.39 is 0 Å². The Balaban J connectivity index is 2.26. The van der Waals surface area contributed by atoms with Gasteiger partial charge in [0.1, 0.15) is 0 Å². The van der Waals surface area contributed by atoms with Gasteiger partial charge in [0.2, 0.25) is 5.91 Å². The van der Waals surface area contributed by atoms with Crippen LogP contribution < -0.4 is 11.1 Å². The van der Waals surface area contributed by atoms with Crippen LogP contribution in [0.15, 0.2) is 0 Å². The van der Waals surface area contributed by atoms with Gasteiger partial charge in [0, 0.05) is 13.0 Å². The molecular weight excluding hydrogens is 204 g/mol. The lowest BCUT2D eigenvalue weighted by Gasteiger charge is -2.21. The average molecular weight is 228 g/mol. The second-order valence-corrected chi connectivity index (χ2v) is 4.62. The quantitative estimate of drug-likeness (QED) is 0.714. The summed E-state index contributed by atoms with van der Waals surface area (Å²) < 4.78 is 5.53. The lowest BCUT2D eigenvalue weighted by Crippen LogP contribution is -2.41. The standard InChI is InChI=1S/C12H24N2O2/c1-3-10(8-13)7-12(15)14-9(2)11-5-4-6-16-11/h9-11H,3-8,13H2,1-2H3,(H,14,15). The van der Waals surface area contributed by atoms with Gasteiger partial charge in [0.15, 0.2) is 0 Å². The number of ether oxygens (including phenoxy) is 1. The molecule has 3 N–H and O–H groups in total. The molecule has 1 amide bonds. The lowest BCUT2D eigenvalue weighted by atomic mass is 10.0. The summed E-state index contributed by atoms with van der Waals surface area (Å²) in [5.41, 5.74) is 5.58. The summed E-state index contributed by atoms with van der Waals surface area (Å²) in [7, 11) is 0. The minimum Gasteiger partial charge on any atom is -0.376 e. The molecular formula is C12H24N2O2. The predicted molar refractivity (Wildman–Crippen MR) is 64.0 cm³/mol. The molecule has 0 aromatic rings. The van der Waals surface area contributed by atoms with Gasteiger partial charge in [-0.1, -0.05) is 13.3 Å². The van der Waals surface area contributed by atoms with Crippen LogP contribution in [0.5, 0.6) is 0 Å². The summed E-state index contributed by atoms with van der Waals surface area (Å²) in [6.07, 6.45) is 3.84. The van der Waals surface area contributed by atoms with Crippen LogP contribution in [0, 0.1) is 5.92 Å². The van der Waals surface area contributed by atoms with Crippen LogP contribution in [0.25, 0.3) is 0 Å². The van der Waals surface area contributed by atoms with Crippen LogP contribution in [0.3, 0.4) is 0 Å². The molecule has 0 radical (unpaired) electrons. The number of carbonyl (C=O) groups is 1. The molecule has 3 atom stereocenters. The Labute approximate surface area is 97.9 Å². The average Bonchev–Trinajstić information content (AvgIpc) is 2.79. The molecule has 3 unspecified atom stereocenters. The van der Waals surface area contributed by atoms with Crippen molar-refractivity contribution in [2.75, 3.05) is 13.2 Å². The second-order valence-electron chi connectivity index (χ2n) is 4.62. The van der Waals surface area contributed by atoms with Gasteiger partial charge in [-0.3, -0.25) is 4.79 Å². The highest BCUT2D eigenvalue weighted by molar-refractivity contribution is 5.76. The highest BCUT2D eigenvalue weighted by Crippen LogP contribution is 2.15. The monoisotopic (exact) mass is 228 g/mol. The Morgan fingerprint density at radius 2 is 2.38 bits per heavy atom. The fourth-order valence-electron chi connectivity index (χ4n) is 2.06. The van der Waals surface area contributed by atoms with Crippen molar-refractivity contribution in [2.24, 2.45) is 11.7 Å². The van der Waals surface area contributed by atoms with Crippen molar-refractivity contribution >= 4 is 5.91 Å². The SMILES string of the molecule is CCC(CN)CC(=O)NC(C)C1CCCO1. The molecule has 0 aromatic carbocycles. The van der Waals surface area contributed by atoms with E-state index >= 15 is 0 Å². The fourth-order valence-corrected chi connectivity index (χ4v) is 2.06. The molecule has 1 aliphatic rings. The second kappa shape index (κ2) is 6.86. The molecule has 1 fully saturated rings. The minimum atomic E-state index is 0.0975. The summed E-state index contributed by atoms with van der Waals surface area (Å²) in [5.74, 6) is 0.400. The maximum atomic E-state index is 11.7. The van der Waals surface area contributed by atoms with E-state index in [1.165, 1.54) is 0 Å². The third-order valence-corrected chi connectivity index (χ3v) is 3.30. The van der Waals surface area contributed by atoms with Crippen LogP contribution in [0.1, 0.15) is 39.5 Å². The first kappa shape index (κ1) is 13.5. The largest absolute Gasteiger partial charge is 0.376 e. The molecule has 1 aliphatic heterocycles. The topological polar surface area (TPSA) is 64.4 Å². The molecule has 0 aliphatic carbocycles. The summed E-state index contributed by atoms with van der Waals surface area (Å²) in [6.45, 7) is 5.48. The maximum absolute atomic E-state index is 11.7. The Hall–Kier alpha value is -0.610. The number of nitrogens with two attached hydrogens (primary N) is 1. The number of amides is 1. The first-order valence-corrected chi connectivity index (χ1v) is 6.28. The molecule has 4 nitrogen and oxygen atoms in total. The van der Waals surface area contributed by atoms with Crippen molar-refractivity contribution in [2.45, 2.75) is 51.7 Å². The van der Waals surface area contributed by atoms with Crippen LogP contribution >= 0.6 is 0 Å². The maximum Gasteiger partial charge on any atom is 0.220 e. The number of rotatable bonds is 6. The van der Waals surface area contributed by atoms with E-state index in [4.69, 9.17) is 10.5 Å². The Morgan fingerprint density at radius 1 is 1.62 bits per heavy atom. The smallest absolute Gasteiger partial charge is 0.220 e. The molecule has 0 bridgehead atoms. The predicted octanol–water partition coefficient (Wildman–Crippen LogP) is 1.05. The van der Waals surface area contributed by atoms with Gasteiger partial charge in [0.25, 0.3) is 0 Å². The summed E-state index contributed by atoms with van der Waals surface area (Å²) in [5, 5.41) is 3.00. The summed E-state index contributed by atoms with van der Waals surface area (Å²) >= 11 is 0. The van der Waals surface area contributed by atoms with E-state index in [2.05, 4.69) is 12.2 Å². The van der Waals surface area contributed by atoms with Gasteiger partial charge in [-0.25, -0.2) is 0 Å². The minimum absolute atomic E-state index is 0.0975. The summed E-state index contributed by atoms with van der Waals surface area (Å²) in [6, 6.07) is 0.116. The third-order valence-electron chi connectivity index (χ3n) is 3.30. The van der Waals surface area contributed by atoms with Crippen LogP contribution in [-0.4, -0.2) is 31.2 Å². The van der Waals surface area contributed by atoms with Crippen LogP contribution in [0.2, 0.25) is 0 Å². The molecule has 0 spiro atoms. The number of hydrogen-bond donors (Lipinski definition) is 2. The van der Waals surface area contributed by atoms with Crippen molar-refractivity contribution < 1.29 is 9.53 Å². The van der Waals surface area contributed by atoms with E-state index in [0.717, 1.165) is 25.9 Å². The Kier molecular flexibility index (Phi) is 5.77. The fraction of sp³-hybridized carbons (Fsp3) is 0.917. The summed E-state index contributed by atoms with van der Waals surface area (Å²) in [4.78, 5) is 11.7. The molecule has 1 rings (SSSR count). The molecule has 1 heterocycles. The number of nitrogens with one attached hydrogen (secondary N) is 1. The van der Waals surface area contributed by atoms with E-state index in [-0.39, 0.29) is 18.1 Å². The van der Waals surface area contributed by atoms with Gasteiger partial charge in [0.05, 0.1) is 12.1 Å². The normalized spacial score (nSPS) is 24.1. The van der Waals surface area contributed by atoms with Crippen molar-refractivity contribution in [1.29, 1.82) is 0 Å². The molecule has 4 heteroatoms. The van der Waals surface area contributed by atoms with Gasteiger partial charge in [-0.15, -0.1) is 0 Å². The van der Waals surface area contributed by atoms with Crippen molar-refractivity contribution in [3.8, 4) is 0 Å². The molecule has 0 saturated carbocycles. The number of hydrogen-bond acceptors (Lipinski definition) is 3. The zero-order valence-corrected chi connectivity index (χ0v) is 10.4. The van der Waals surface area contributed by atoms with Crippen molar-refractivity contribution in [3.63, 3.8) is 0 Å². The van der Waals surface area contributed by atoms with Crippen LogP contribution in [0.4, 0.5) is 0 Å². The van der Waals surface area contributed by atoms with E-state index in [1.54, 1.807) is 0 Å². The van der Waals surface area contributed by atoms with Gasteiger partial charge >= 0.3 is 0 Å². The Morgan fingerprint density at radius 3 is 2.88 bits per heavy atom. The molecule has 0 aromatic heterocycles. The highest BCUT2D eigenvalue weighted by Gasteiger charge is 2.24. The van der Waals surface area contributed by atoms with E-state index in [0.29, 0.717) is 18.9 Å². The van der Waals surface area contributed by atoms with E-state index in [9.17, 15) is 4.79 Å². The Bertz CT molecular complexity index is 211. The van der Waals surface area contributed by atoms with Gasteiger partial charge in [-0.2, -0.15) is 0 Å². The molecule has 1 saturated heterocycles. The molecule has 16 heavy (non-hydrogen) atoms. The molecule has 94 valence electrons. The van der Waals surface area contributed by atoms with E-state index in [1.807, 2.05) is 6.92 Å². The first-order valence-electron chi connectivity index (χ1n) is 6.28. The van der Waals surface area contributed by atoms with Crippen molar-refractivity contribution in [1.82, 2.24) is 5.32 Å². The zero-order chi connectivity index (χ0) is 12.0. The zero-order valence-electron chi connectivity index (χ0n) is 10.4. The van der Waals surface area contributed by atoms with Crippen LogP contribution in [-0.2, 0) is 9.53 Å². The lowest BCUT2D eigenvalue weighted by molar-refractivity contribution is -0.123. The van der Waals surface area contributed by atoms with Crippen molar-refractivity contribution in [3.05, 3.63) is 0 Å².